The topological polar surface area (TPSA) is 484 Å². The molecule has 4 fully saturated rings. The third kappa shape index (κ3) is 27.4. The summed E-state index contributed by atoms with van der Waals surface area (Å²) in [6.07, 6.45) is -14.5. The Hall–Kier alpha value is -4.84. The van der Waals surface area contributed by atoms with E-state index in [1.165, 1.54) is 25.7 Å². The Balaban J connectivity index is 1.25. The molecule has 1 aromatic carbocycles. The molecule has 34 heteroatoms. The van der Waals surface area contributed by atoms with Crippen LogP contribution >= 0.6 is 0 Å². The largest absolute Gasteiger partial charge is 0.394 e. The lowest BCUT2D eigenvalue weighted by Crippen LogP contribution is -2.65. The number of benzene rings is 1. The van der Waals surface area contributed by atoms with E-state index in [9.17, 15) is 79.8 Å². The van der Waals surface area contributed by atoms with Crippen molar-refractivity contribution in [3.05, 3.63) is 35.4 Å². The summed E-state index contributed by atoms with van der Waals surface area (Å²) in [6, 6.07) is 2.50. The Labute approximate surface area is 552 Å². The molecule has 3 aliphatic heterocycles. The monoisotopic (exact) mass is 1360 g/mol. The summed E-state index contributed by atoms with van der Waals surface area (Å²) in [6.45, 7) is 6.14. The van der Waals surface area contributed by atoms with E-state index < -0.39 is 167 Å². The lowest BCUT2D eigenvalue weighted by molar-refractivity contribution is -0.275. The van der Waals surface area contributed by atoms with E-state index in [0.29, 0.717) is 18.4 Å². The molecule has 0 aromatic heterocycles. The van der Waals surface area contributed by atoms with Crippen molar-refractivity contribution in [1.29, 1.82) is 0 Å². The molecule has 6 amide bonds. The number of aliphatic hydroxyl groups is 10. The van der Waals surface area contributed by atoms with E-state index in [1.54, 1.807) is 24.3 Å². The molecule has 1 aromatic rings. The smallest absolute Gasteiger partial charge is 0.237 e. The molecule has 1 aliphatic carbocycles. The van der Waals surface area contributed by atoms with E-state index in [1.807, 2.05) is 20.8 Å². The van der Waals surface area contributed by atoms with Crippen molar-refractivity contribution in [2.45, 2.75) is 196 Å². The Morgan fingerprint density at radius 1 is 0.547 bits per heavy atom. The van der Waals surface area contributed by atoms with E-state index in [0.717, 1.165) is 18.4 Å². The Morgan fingerprint density at radius 3 is 1.35 bits per heavy atom. The number of amides is 6. The number of nitrogens with one attached hydrogen (secondary N) is 7. The summed E-state index contributed by atoms with van der Waals surface area (Å²) in [5.41, 5.74) is 1.11. The standard InChI is InChI=1S/C61H104N8O26/c1-34(73)66-47-53(81)50(78)42(31-70)92-58(47)89-24-21-86-18-15-62-45(76)29-69(30-46(77)63-16-19-87-22-25-90-59-48(67-35(2)74)54(82)51(79)43(32-71)93-59)41(27-37-7-9-38(10-8-37)28-65-56(84)39-11-13-40(14-12-39)95-61(4,5)6)57(85)64-17-20-88-23-26-91-60-49(68-36(3)75)55(83)52(80)44(33-72)94-60/h7-10,34,39-44,47-55,58-60,66,70-73,78-83H,11-33H2,1-6H3,(H,62,76)(H,63,77)(H,64,85)(H,65,84)(H,67,74)(H,68,75). The van der Waals surface area contributed by atoms with Gasteiger partial charge in [-0.1, -0.05) is 24.3 Å². The minimum atomic E-state index is -1.53. The summed E-state index contributed by atoms with van der Waals surface area (Å²) in [7, 11) is 0. The Kier molecular flexibility index (Phi) is 35.3. The van der Waals surface area contributed by atoms with Crippen LogP contribution in [0.1, 0.15) is 78.4 Å². The SMILES string of the molecule is CC(=O)NC1C(OCCOCCNC(=O)CN(CC(=O)NCCOCCOC2OC(CO)C(O)C(O)C2NC(C)O)C(Cc2ccc(CNC(=O)C3CCC(OC(C)(C)C)CC3)cc2)C(=O)NCCOCCOC2OC(CO)C(O)C(O)C2NC(C)=O)OC(CO)C(O)C1O. The summed E-state index contributed by atoms with van der Waals surface area (Å²) < 4.78 is 57.2. The van der Waals surface area contributed by atoms with Crippen LogP contribution in [0, 0.1) is 5.92 Å². The van der Waals surface area contributed by atoms with Crippen LogP contribution in [0.3, 0.4) is 0 Å². The number of nitrogens with zero attached hydrogens (tertiary/aromatic N) is 1. The molecule has 17 atom stereocenters. The first-order valence-corrected chi connectivity index (χ1v) is 32.3. The van der Waals surface area contributed by atoms with Gasteiger partial charge in [-0.15, -0.1) is 0 Å². The predicted octanol–water partition coefficient (Wildman–Crippen LogP) is -7.04. The van der Waals surface area contributed by atoms with Crippen LogP contribution < -0.4 is 37.2 Å². The molecule has 3 heterocycles. The third-order valence-electron chi connectivity index (χ3n) is 15.9. The third-order valence-corrected chi connectivity index (χ3v) is 15.9. The number of carbonyl (C=O) groups is 6. The lowest BCUT2D eigenvalue weighted by atomic mass is 9.86. The number of rotatable bonds is 40. The molecule has 4 aliphatic rings. The van der Waals surface area contributed by atoms with Crippen LogP contribution in [0.2, 0.25) is 0 Å². The van der Waals surface area contributed by atoms with Crippen molar-refractivity contribution >= 4 is 35.4 Å². The molecular weight excluding hydrogens is 1260 g/mol. The normalized spacial score (nSPS) is 29.4. The van der Waals surface area contributed by atoms with Gasteiger partial charge in [0, 0.05) is 45.9 Å². The van der Waals surface area contributed by atoms with Crippen LogP contribution in [-0.4, -0.2) is 319 Å². The Morgan fingerprint density at radius 2 is 0.947 bits per heavy atom. The molecule has 34 nitrogen and oxygen atoms in total. The Bertz CT molecular complexity index is 2450. The van der Waals surface area contributed by atoms with Crippen molar-refractivity contribution in [2.75, 3.05) is 112 Å². The van der Waals surface area contributed by atoms with Gasteiger partial charge < -0.3 is 130 Å². The van der Waals surface area contributed by atoms with Gasteiger partial charge in [0.05, 0.1) is 116 Å². The van der Waals surface area contributed by atoms with Crippen molar-refractivity contribution in [3.63, 3.8) is 0 Å². The number of hydrogen-bond acceptors (Lipinski definition) is 28. The zero-order valence-corrected chi connectivity index (χ0v) is 55.0. The van der Waals surface area contributed by atoms with Gasteiger partial charge >= 0.3 is 0 Å². The van der Waals surface area contributed by atoms with Crippen LogP contribution in [0.4, 0.5) is 0 Å². The highest BCUT2D eigenvalue weighted by Crippen LogP contribution is 2.30. The molecule has 5 rings (SSSR count). The fraction of sp³-hybridized carbons (Fsp3) is 0.803. The fourth-order valence-electron chi connectivity index (χ4n) is 11.2. The van der Waals surface area contributed by atoms with E-state index in [-0.39, 0.29) is 116 Å². The second-order valence-corrected chi connectivity index (χ2v) is 24.7. The molecule has 17 N–H and O–H groups in total. The van der Waals surface area contributed by atoms with E-state index in [2.05, 4.69) is 37.2 Å². The first-order chi connectivity index (χ1) is 45.2. The maximum absolute atomic E-state index is 14.5. The molecule has 1 saturated carbocycles. The molecule has 0 spiro atoms. The van der Waals surface area contributed by atoms with Gasteiger partial charge in [0.25, 0.3) is 0 Å². The predicted molar refractivity (Wildman–Crippen MR) is 330 cm³/mol. The second-order valence-electron chi connectivity index (χ2n) is 24.7. The fourth-order valence-corrected chi connectivity index (χ4v) is 11.2. The molecular formula is C61H104N8O26. The van der Waals surface area contributed by atoms with Gasteiger partial charge in [0.15, 0.2) is 18.9 Å². The maximum atomic E-state index is 14.5. The van der Waals surface area contributed by atoms with Gasteiger partial charge in [0.2, 0.25) is 35.4 Å². The van der Waals surface area contributed by atoms with Gasteiger partial charge in [-0.05, 0) is 70.9 Å². The van der Waals surface area contributed by atoms with Crippen LogP contribution in [-0.2, 0) is 89.1 Å². The zero-order chi connectivity index (χ0) is 69.8. The number of carbonyl (C=O) groups excluding carboxylic acids is 6. The molecule has 17 unspecified atom stereocenters. The van der Waals surface area contributed by atoms with Crippen molar-refractivity contribution in [3.8, 4) is 0 Å². The summed E-state index contributed by atoms with van der Waals surface area (Å²) in [5.74, 6) is -3.13. The van der Waals surface area contributed by atoms with Crippen LogP contribution in [0.5, 0.6) is 0 Å². The summed E-state index contributed by atoms with van der Waals surface area (Å²) in [4.78, 5) is 80.8. The number of ether oxygens (including phenoxy) is 10. The van der Waals surface area contributed by atoms with E-state index in [4.69, 9.17) is 47.4 Å². The highest BCUT2D eigenvalue weighted by atomic mass is 16.7. The molecule has 0 radical (unpaired) electrons. The minimum Gasteiger partial charge on any atom is -0.394 e. The van der Waals surface area contributed by atoms with Crippen LogP contribution in [0.25, 0.3) is 0 Å². The number of aliphatic hydroxyl groups excluding tert-OH is 10. The van der Waals surface area contributed by atoms with Gasteiger partial charge in [-0.2, -0.15) is 0 Å². The van der Waals surface area contributed by atoms with Gasteiger partial charge in [-0.25, -0.2) is 0 Å². The molecule has 0 bridgehead atoms. The van der Waals surface area contributed by atoms with Crippen molar-refractivity contribution in [1.82, 2.24) is 42.1 Å². The summed E-state index contributed by atoms with van der Waals surface area (Å²) >= 11 is 0. The first-order valence-electron chi connectivity index (χ1n) is 32.3. The zero-order valence-electron chi connectivity index (χ0n) is 55.0. The van der Waals surface area contributed by atoms with Gasteiger partial charge in [0.1, 0.15) is 73.2 Å². The molecule has 95 heavy (non-hydrogen) atoms. The minimum absolute atomic E-state index is 0.0397. The average Bonchev–Trinajstić information content (AvgIpc) is 0.862. The summed E-state index contributed by atoms with van der Waals surface area (Å²) in [5, 5.41) is 121. The average molecular weight is 1370 g/mol. The maximum Gasteiger partial charge on any atom is 0.237 e. The van der Waals surface area contributed by atoms with Crippen LogP contribution in [0.15, 0.2) is 24.3 Å². The highest BCUT2D eigenvalue weighted by Gasteiger charge is 2.48. The van der Waals surface area contributed by atoms with Gasteiger partial charge in [-0.3, -0.25) is 39.0 Å². The number of hydrogen-bond donors (Lipinski definition) is 17. The van der Waals surface area contributed by atoms with E-state index >= 15 is 0 Å². The molecule has 3 saturated heterocycles. The second kappa shape index (κ2) is 41.5. The first kappa shape index (κ1) is 80.8. The van der Waals surface area contributed by atoms with Crippen molar-refractivity contribution in [2.24, 2.45) is 5.92 Å². The van der Waals surface area contributed by atoms with Crippen molar-refractivity contribution < 1.29 is 127 Å². The quantitative estimate of drug-likeness (QED) is 0.0214. The highest BCUT2D eigenvalue weighted by molar-refractivity contribution is 5.86. The molecule has 544 valence electrons. The lowest BCUT2D eigenvalue weighted by Gasteiger charge is -2.42.